The van der Waals surface area contributed by atoms with Crippen molar-refractivity contribution in [3.63, 3.8) is 0 Å². The van der Waals surface area contributed by atoms with Crippen LogP contribution in [0.3, 0.4) is 0 Å². The second kappa shape index (κ2) is 9.12. The maximum atomic E-state index is 13.4. The van der Waals surface area contributed by atoms with Crippen LogP contribution in [0, 0.1) is 0 Å². The van der Waals surface area contributed by atoms with Crippen molar-refractivity contribution in [1.82, 2.24) is 15.1 Å². The lowest BCUT2D eigenvalue weighted by Crippen LogP contribution is -2.27. The van der Waals surface area contributed by atoms with Gasteiger partial charge in [-0.3, -0.25) is 9.48 Å². The molecule has 0 aliphatic carbocycles. The molecule has 7 nitrogen and oxygen atoms in total. The summed E-state index contributed by atoms with van der Waals surface area (Å²) >= 11 is 0. The highest BCUT2D eigenvalue weighted by Gasteiger charge is 2.30. The highest BCUT2D eigenvalue weighted by molar-refractivity contribution is 6.15. The number of fused-ring (bicyclic) bond motifs is 3. The Morgan fingerprint density at radius 3 is 2.41 bits per heavy atom. The standard InChI is InChI=1S/C27H20F3N3O4/c1-15(17-4-6-18(7-5-17)26(35)36)32-25(34)21-12-23-20(10-11-37-23)22-13-31-33(24(21)22)14-16-2-8-19(9-3-16)27(28,29)30/h2-13,15H,14H2,1H3,(H,32,34)(H,35,36)/t15-/m0/s1. The molecule has 3 aromatic carbocycles. The summed E-state index contributed by atoms with van der Waals surface area (Å²) in [6.45, 7) is 1.92. The summed E-state index contributed by atoms with van der Waals surface area (Å²) in [5.41, 5.74) is 1.99. The molecular formula is C27H20F3N3O4. The van der Waals surface area contributed by atoms with Crippen LogP contribution in [0.1, 0.15) is 50.4 Å². The first kappa shape index (κ1) is 24.1. The molecule has 0 radical (unpaired) electrons. The smallest absolute Gasteiger partial charge is 0.416 e. The van der Waals surface area contributed by atoms with Gasteiger partial charge >= 0.3 is 12.1 Å². The van der Waals surface area contributed by atoms with Gasteiger partial charge in [-0.1, -0.05) is 24.3 Å². The fourth-order valence-corrected chi connectivity index (χ4v) is 4.26. The van der Waals surface area contributed by atoms with E-state index in [4.69, 9.17) is 9.52 Å². The topological polar surface area (TPSA) is 97.4 Å². The fraction of sp³-hybridized carbons (Fsp3) is 0.148. The summed E-state index contributed by atoms with van der Waals surface area (Å²) in [5, 5.41) is 17.9. The minimum absolute atomic E-state index is 0.138. The number of carboxylic acid groups (broad SMARTS) is 1. The lowest BCUT2D eigenvalue weighted by atomic mass is 10.0. The van der Waals surface area contributed by atoms with Gasteiger partial charge in [0.2, 0.25) is 0 Å². The molecule has 5 rings (SSSR count). The normalized spacial score (nSPS) is 12.6. The maximum absolute atomic E-state index is 13.4. The van der Waals surface area contributed by atoms with Crippen molar-refractivity contribution in [2.75, 3.05) is 0 Å². The average Bonchev–Trinajstić information content (AvgIpc) is 3.50. The number of benzene rings is 3. The highest BCUT2D eigenvalue weighted by Crippen LogP contribution is 2.32. The van der Waals surface area contributed by atoms with Gasteiger partial charge in [-0.05, 0) is 54.4 Å². The van der Waals surface area contributed by atoms with Crippen LogP contribution in [-0.2, 0) is 12.7 Å². The van der Waals surface area contributed by atoms with E-state index in [9.17, 15) is 22.8 Å². The molecule has 0 spiro atoms. The summed E-state index contributed by atoms with van der Waals surface area (Å²) < 4.78 is 46.0. The molecule has 0 aliphatic heterocycles. The van der Waals surface area contributed by atoms with Gasteiger partial charge in [0, 0.05) is 10.8 Å². The molecule has 2 heterocycles. The Hall–Kier alpha value is -4.60. The molecule has 0 bridgehead atoms. The largest absolute Gasteiger partial charge is 0.478 e. The number of aromatic nitrogens is 2. The van der Waals surface area contributed by atoms with Crippen LogP contribution >= 0.6 is 0 Å². The Morgan fingerprint density at radius 1 is 1.05 bits per heavy atom. The van der Waals surface area contributed by atoms with Crippen LogP contribution in [0.2, 0.25) is 0 Å². The van der Waals surface area contributed by atoms with Gasteiger partial charge in [-0.15, -0.1) is 0 Å². The number of hydrogen-bond acceptors (Lipinski definition) is 4. The van der Waals surface area contributed by atoms with E-state index >= 15 is 0 Å². The number of carboxylic acids is 1. The molecule has 188 valence electrons. The Labute approximate surface area is 208 Å². The molecule has 10 heteroatoms. The number of furan rings is 1. The third-order valence-electron chi connectivity index (χ3n) is 6.22. The van der Waals surface area contributed by atoms with Gasteiger partial charge in [0.1, 0.15) is 5.58 Å². The van der Waals surface area contributed by atoms with Gasteiger partial charge < -0.3 is 14.8 Å². The number of aromatic carboxylic acids is 1. The minimum Gasteiger partial charge on any atom is -0.478 e. The monoisotopic (exact) mass is 507 g/mol. The Bertz CT molecular complexity index is 1620. The zero-order chi connectivity index (χ0) is 26.3. The Kier molecular flexibility index (Phi) is 5.94. The number of carbonyl (C=O) groups excluding carboxylic acids is 1. The van der Waals surface area contributed by atoms with Gasteiger partial charge in [-0.2, -0.15) is 18.3 Å². The molecule has 1 amide bonds. The van der Waals surface area contributed by atoms with E-state index in [2.05, 4.69) is 10.4 Å². The van der Waals surface area contributed by atoms with Gasteiger partial charge in [0.05, 0.1) is 47.3 Å². The van der Waals surface area contributed by atoms with Gasteiger partial charge in [-0.25, -0.2) is 4.79 Å². The molecule has 0 saturated heterocycles. The van der Waals surface area contributed by atoms with Crippen molar-refractivity contribution in [3.05, 3.63) is 101 Å². The first-order chi connectivity index (χ1) is 17.6. The van der Waals surface area contributed by atoms with Crippen molar-refractivity contribution in [1.29, 1.82) is 0 Å². The molecule has 0 aliphatic rings. The van der Waals surface area contributed by atoms with Crippen molar-refractivity contribution < 1.29 is 32.3 Å². The average molecular weight is 507 g/mol. The third kappa shape index (κ3) is 4.65. The van der Waals surface area contributed by atoms with E-state index in [0.717, 1.165) is 17.5 Å². The van der Waals surface area contributed by atoms with Crippen LogP contribution in [0.25, 0.3) is 21.9 Å². The number of carbonyl (C=O) groups is 2. The SMILES string of the molecule is C[C@H](NC(=O)c1cc2occc2c2cnn(Cc3ccc(C(F)(F)F)cc3)c12)c1ccc(C(=O)O)cc1. The van der Waals surface area contributed by atoms with Gasteiger partial charge in [0.25, 0.3) is 5.91 Å². The Morgan fingerprint density at radius 2 is 1.76 bits per heavy atom. The van der Waals surface area contributed by atoms with E-state index in [1.807, 2.05) is 0 Å². The number of amides is 1. The van der Waals surface area contributed by atoms with Crippen LogP contribution in [0.15, 0.2) is 77.5 Å². The lowest BCUT2D eigenvalue weighted by Gasteiger charge is -2.16. The fourth-order valence-electron chi connectivity index (χ4n) is 4.26. The van der Waals surface area contributed by atoms with Crippen molar-refractivity contribution >= 4 is 33.7 Å². The summed E-state index contributed by atoms with van der Waals surface area (Å²) in [4.78, 5) is 24.5. The van der Waals surface area contributed by atoms with E-state index in [1.165, 1.54) is 30.5 Å². The third-order valence-corrected chi connectivity index (χ3v) is 6.22. The van der Waals surface area contributed by atoms with E-state index in [-0.39, 0.29) is 17.7 Å². The van der Waals surface area contributed by atoms with Crippen molar-refractivity contribution in [2.24, 2.45) is 0 Å². The predicted molar refractivity (Wildman–Crippen MR) is 129 cm³/mol. The van der Waals surface area contributed by atoms with E-state index in [1.54, 1.807) is 42.1 Å². The van der Waals surface area contributed by atoms with Crippen LogP contribution in [-0.4, -0.2) is 26.8 Å². The van der Waals surface area contributed by atoms with Crippen LogP contribution in [0.4, 0.5) is 13.2 Å². The van der Waals surface area contributed by atoms with E-state index in [0.29, 0.717) is 27.6 Å². The summed E-state index contributed by atoms with van der Waals surface area (Å²) in [6, 6.07) is 13.9. The first-order valence-corrected chi connectivity index (χ1v) is 11.3. The molecule has 0 unspecified atom stereocenters. The lowest BCUT2D eigenvalue weighted by molar-refractivity contribution is -0.137. The molecule has 2 N–H and O–H groups in total. The summed E-state index contributed by atoms with van der Waals surface area (Å²) in [6.07, 6.45) is -1.33. The summed E-state index contributed by atoms with van der Waals surface area (Å²) in [5.74, 6) is -1.45. The molecule has 0 fully saturated rings. The number of nitrogens with zero attached hydrogens (tertiary/aromatic N) is 2. The molecule has 2 aromatic heterocycles. The second-order valence-electron chi connectivity index (χ2n) is 8.64. The van der Waals surface area contributed by atoms with Gasteiger partial charge in [0.15, 0.2) is 0 Å². The molecular weight excluding hydrogens is 487 g/mol. The number of hydrogen-bond donors (Lipinski definition) is 2. The number of alkyl halides is 3. The molecule has 0 saturated carbocycles. The number of nitrogens with one attached hydrogen (secondary N) is 1. The van der Waals surface area contributed by atoms with Crippen molar-refractivity contribution in [3.8, 4) is 0 Å². The maximum Gasteiger partial charge on any atom is 0.416 e. The number of halogens is 3. The first-order valence-electron chi connectivity index (χ1n) is 11.3. The molecule has 37 heavy (non-hydrogen) atoms. The predicted octanol–water partition coefficient (Wildman–Crippen LogP) is 6.04. The quantitative estimate of drug-likeness (QED) is 0.292. The minimum atomic E-state index is -4.43. The van der Waals surface area contributed by atoms with Crippen LogP contribution in [0.5, 0.6) is 0 Å². The summed E-state index contributed by atoms with van der Waals surface area (Å²) in [7, 11) is 0. The van der Waals surface area contributed by atoms with E-state index < -0.39 is 29.7 Å². The molecule has 1 atom stereocenters. The van der Waals surface area contributed by atoms with Crippen LogP contribution < -0.4 is 5.32 Å². The number of rotatable bonds is 6. The highest BCUT2D eigenvalue weighted by atomic mass is 19.4. The zero-order valence-electron chi connectivity index (χ0n) is 19.4. The second-order valence-corrected chi connectivity index (χ2v) is 8.64. The zero-order valence-corrected chi connectivity index (χ0v) is 19.4. The Balaban J connectivity index is 1.49. The molecule has 5 aromatic rings. The van der Waals surface area contributed by atoms with Crippen molar-refractivity contribution in [2.45, 2.75) is 25.7 Å².